The van der Waals surface area contributed by atoms with E-state index in [0.29, 0.717) is 17.5 Å². The van der Waals surface area contributed by atoms with Gasteiger partial charge < -0.3 is 13.5 Å². The Balaban J connectivity index is 1.34. The van der Waals surface area contributed by atoms with Crippen molar-refractivity contribution in [2.45, 2.75) is 26.4 Å². The van der Waals surface area contributed by atoms with E-state index in [1.807, 2.05) is 25.1 Å². The monoisotopic (exact) mass is 343 g/mol. The molecule has 3 aromatic rings. The molecule has 0 saturated carbocycles. The van der Waals surface area contributed by atoms with E-state index in [0.717, 1.165) is 44.2 Å². The Morgan fingerprint density at radius 2 is 2.00 bits per heavy atom. The molecule has 0 bridgehead atoms. The van der Waals surface area contributed by atoms with Gasteiger partial charge in [0, 0.05) is 32.2 Å². The van der Waals surface area contributed by atoms with Crippen LogP contribution >= 0.6 is 0 Å². The second-order valence-corrected chi connectivity index (χ2v) is 6.36. The first-order valence-corrected chi connectivity index (χ1v) is 8.45. The highest BCUT2D eigenvalue weighted by Gasteiger charge is 2.26. The third-order valence-electron chi connectivity index (χ3n) is 4.55. The van der Waals surface area contributed by atoms with Crippen molar-refractivity contribution in [2.24, 2.45) is 0 Å². The molecule has 1 fully saturated rings. The van der Waals surface area contributed by atoms with Crippen molar-refractivity contribution >= 4 is 0 Å². The lowest BCUT2D eigenvalue weighted by atomic mass is 10.2. The normalized spacial score (nSPS) is 17.8. The van der Waals surface area contributed by atoms with Crippen LogP contribution in [0.4, 0.5) is 0 Å². The zero-order chi connectivity index (χ0) is 17.2. The summed E-state index contributed by atoms with van der Waals surface area (Å²) in [5.74, 6) is 2.64. The SMILES string of the molecule is Cc1cc(CN2CCN([C@H](C)c3nc(-c4ccco4)no3)CC2)on1. The molecule has 1 saturated heterocycles. The lowest BCUT2D eigenvalue weighted by molar-refractivity contribution is 0.0795. The maximum Gasteiger partial charge on any atom is 0.244 e. The van der Waals surface area contributed by atoms with Crippen molar-refractivity contribution in [3.8, 4) is 11.6 Å². The largest absolute Gasteiger partial charge is 0.461 e. The first-order chi connectivity index (χ1) is 12.2. The Kier molecular flexibility index (Phi) is 4.37. The first kappa shape index (κ1) is 16.0. The number of aryl methyl sites for hydroxylation is 1. The zero-order valence-electron chi connectivity index (χ0n) is 14.4. The molecule has 1 aliphatic heterocycles. The molecule has 8 nitrogen and oxygen atoms in total. The van der Waals surface area contributed by atoms with E-state index in [4.69, 9.17) is 13.5 Å². The van der Waals surface area contributed by atoms with E-state index in [-0.39, 0.29) is 6.04 Å². The summed E-state index contributed by atoms with van der Waals surface area (Å²) >= 11 is 0. The summed E-state index contributed by atoms with van der Waals surface area (Å²) in [6, 6.07) is 5.70. The summed E-state index contributed by atoms with van der Waals surface area (Å²) in [4.78, 5) is 9.18. The van der Waals surface area contributed by atoms with Gasteiger partial charge in [-0.1, -0.05) is 10.3 Å². The fourth-order valence-corrected chi connectivity index (χ4v) is 3.09. The molecule has 0 spiro atoms. The smallest absolute Gasteiger partial charge is 0.244 e. The Labute approximate surface area is 145 Å². The third kappa shape index (κ3) is 3.49. The molecular weight excluding hydrogens is 322 g/mol. The third-order valence-corrected chi connectivity index (χ3v) is 4.55. The van der Waals surface area contributed by atoms with Gasteiger partial charge in [-0.3, -0.25) is 9.80 Å². The maximum absolute atomic E-state index is 5.43. The lowest BCUT2D eigenvalue weighted by Crippen LogP contribution is -2.46. The van der Waals surface area contributed by atoms with Crippen molar-refractivity contribution in [3.05, 3.63) is 41.8 Å². The highest BCUT2D eigenvalue weighted by Crippen LogP contribution is 2.24. The van der Waals surface area contributed by atoms with Crippen molar-refractivity contribution in [2.75, 3.05) is 26.2 Å². The Bertz CT molecular complexity index is 802. The fourth-order valence-electron chi connectivity index (χ4n) is 3.09. The van der Waals surface area contributed by atoms with E-state index >= 15 is 0 Å². The summed E-state index contributed by atoms with van der Waals surface area (Å²) in [7, 11) is 0. The molecule has 25 heavy (non-hydrogen) atoms. The molecule has 0 aromatic carbocycles. The van der Waals surface area contributed by atoms with Crippen LogP contribution in [0, 0.1) is 6.92 Å². The van der Waals surface area contributed by atoms with Crippen LogP contribution in [0.25, 0.3) is 11.6 Å². The van der Waals surface area contributed by atoms with E-state index < -0.39 is 0 Å². The molecular formula is C17H21N5O3. The van der Waals surface area contributed by atoms with Crippen LogP contribution in [0.2, 0.25) is 0 Å². The molecule has 132 valence electrons. The quantitative estimate of drug-likeness (QED) is 0.698. The molecule has 0 radical (unpaired) electrons. The summed E-state index contributed by atoms with van der Waals surface area (Å²) in [5.41, 5.74) is 0.922. The number of hydrogen-bond acceptors (Lipinski definition) is 8. The van der Waals surface area contributed by atoms with Crippen LogP contribution in [0.3, 0.4) is 0 Å². The van der Waals surface area contributed by atoms with Crippen LogP contribution in [0.5, 0.6) is 0 Å². The lowest BCUT2D eigenvalue weighted by Gasteiger charge is -2.36. The van der Waals surface area contributed by atoms with Gasteiger partial charge in [-0.25, -0.2) is 0 Å². The minimum atomic E-state index is 0.0749. The number of piperazine rings is 1. The second-order valence-electron chi connectivity index (χ2n) is 6.36. The van der Waals surface area contributed by atoms with Gasteiger partial charge in [-0.15, -0.1) is 0 Å². The average molecular weight is 343 g/mol. The van der Waals surface area contributed by atoms with Crippen LogP contribution in [-0.2, 0) is 6.54 Å². The molecule has 0 amide bonds. The minimum Gasteiger partial charge on any atom is -0.461 e. The number of aromatic nitrogens is 3. The molecule has 0 N–H and O–H groups in total. The molecule has 4 heterocycles. The summed E-state index contributed by atoms with van der Waals surface area (Å²) in [5, 5.41) is 7.95. The number of rotatable bonds is 5. The van der Waals surface area contributed by atoms with Crippen LogP contribution < -0.4 is 0 Å². The van der Waals surface area contributed by atoms with Gasteiger partial charge in [0.15, 0.2) is 11.5 Å². The van der Waals surface area contributed by atoms with Gasteiger partial charge in [0.1, 0.15) is 0 Å². The van der Waals surface area contributed by atoms with E-state index in [2.05, 4.69) is 32.0 Å². The van der Waals surface area contributed by atoms with Crippen LogP contribution in [0.1, 0.15) is 30.3 Å². The number of furan rings is 1. The Morgan fingerprint density at radius 3 is 2.68 bits per heavy atom. The van der Waals surface area contributed by atoms with Gasteiger partial charge in [0.2, 0.25) is 11.7 Å². The summed E-state index contributed by atoms with van der Waals surface area (Å²) in [6.07, 6.45) is 1.60. The summed E-state index contributed by atoms with van der Waals surface area (Å²) in [6.45, 7) is 8.63. The van der Waals surface area contributed by atoms with Crippen molar-refractivity contribution in [1.82, 2.24) is 25.1 Å². The number of hydrogen-bond donors (Lipinski definition) is 0. The highest BCUT2D eigenvalue weighted by molar-refractivity contribution is 5.44. The van der Waals surface area contributed by atoms with Gasteiger partial charge in [0.25, 0.3) is 0 Å². The summed E-state index contributed by atoms with van der Waals surface area (Å²) < 4.78 is 16.0. The fraction of sp³-hybridized carbons (Fsp3) is 0.471. The maximum atomic E-state index is 5.43. The predicted molar refractivity (Wildman–Crippen MR) is 88.5 cm³/mol. The Hall–Kier alpha value is -2.45. The van der Waals surface area contributed by atoms with Gasteiger partial charge in [-0.05, 0) is 26.0 Å². The van der Waals surface area contributed by atoms with Crippen molar-refractivity contribution < 1.29 is 13.5 Å². The number of nitrogens with zero attached hydrogens (tertiary/aromatic N) is 5. The van der Waals surface area contributed by atoms with Crippen molar-refractivity contribution in [3.63, 3.8) is 0 Å². The molecule has 0 aliphatic carbocycles. The minimum absolute atomic E-state index is 0.0749. The molecule has 8 heteroatoms. The first-order valence-electron chi connectivity index (χ1n) is 8.45. The average Bonchev–Trinajstić information content (AvgIpc) is 3.36. The zero-order valence-corrected chi connectivity index (χ0v) is 14.4. The van der Waals surface area contributed by atoms with Gasteiger partial charge in [-0.2, -0.15) is 4.98 Å². The van der Waals surface area contributed by atoms with Crippen LogP contribution in [-0.4, -0.2) is 51.3 Å². The molecule has 3 aromatic heterocycles. The second kappa shape index (κ2) is 6.81. The van der Waals surface area contributed by atoms with Gasteiger partial charge >= 0.3 is 0 Å². The predicted octanol–water partition coefficient (Wildman–Crippen LogP) is 2.50. The topological polar surface area (TPSA) is 84.6 Å². The van der Waals surface area contributed by atoms with Crippen LogP contribution in [0.15, 0.2) is 37.9 Å². The molecule has 1 aliphatic rings. The van der Waals surface area contributed by atoms with Gasteiger partial charge in [0.05, 0.1) is 24.5 Å². The molecule has 4 rings (SSSR count). The Morgan fingerprint density at radius 1 is 1.16 bits per heavy atom. The van der Waals surface area contributed by atoms with E-state index in [1.54, 1.807) is 6.26 Å². The molecule has 1 atom stereocenters. The van der Waals surface area contributed by atoms with E-state index in [9.17, 15) is 0 Å². The molecule has 0 unspecified atom stereocenters. The highest BCUT2D eigenvalue weighted by atomic mass is 16.5. The standard InChI is InChI=1S/C17H21N5O3/c1-12-10-14(24-19-12)11-21-5-7-22(8-6-21)13(2)17-18-16(20-25-17)15-4-3-9-23-15/h3-4,9-10,13H,5-8,11H2,1-2H3/t13-/m1/s1. The van der Waals surface area contributed by atoms with Crippen molar-refractivity contribution in [1.29, 1.82) is 0 Å². The van der Waals surface area contributed by atoms with E-state index in [1.165, 1.54) is 0 Å².